The molecule has 0 bridgehead atoms. The van der Waals surface area contributed by atoms with Crippen LogP contribution in [0.25, 0.3) is 0 Å². The Labute approximate surface area is 121 Å². The smallest absolute Gasteiger partial charge is 0.353 e. The summed E-state index contributed by atoms with van der Waals surface area (Å²) in [6.45, 7) is 0.261. The van der Waals surface area contributed by atoms with E-state index >= 15 is 0 Å². The average Bonchev–Trinajstić information content (AvgIpc) is 3.09. The summed E-state index contributed by atoms with van der Waals surface area (Å²) in [6.07, 6.45) is 4.13. The minimum absolute atomic E-state index is 0.00762. The fourth-order valence-corrected chi connectivity index (χ4v) is 2.33. The highest BCUT2D eigenvalue weighted by Crippen LogP contribution is 2.24. The zero-order valence-electron chi connectivity index (χ0n) is 11.5. The van der Waals surface area contributed by atoms with E-state index in [0.717, 1.165) is 25.7 Å². The Morgan fingerprint density at radius 3 is 2.67 bits per heavy atom. The second-order valence-electron chi connectivity index (χ2n) is 5.04. The van der Waals surface area contributed by atoms with Crippen LogP contribution in [0.1, 0.15) is 42.6 Å². The molecule has 8 heteroatoms. The van der Waals surface area contributed by atoms with Crippen LogP contribution in [-0.2, 0) is 9.59 Å². The number of carbonyl (C=O) groups is 3. The first-order chi connectivity index (χ1) is 10.1. The number of aromatic nitrogens is 2. The van der Waals surface area contributed by atoms with E-state index in [-0.39, 0.29) is 42.2 Å². The summed E-state index contributed by atoms with van der Waals surface area (Å²) in [5.41, 5.74) is -0.0974. The summed E-state index contributed by atoms with van der Waals surface area (Å²) in [6, 6.07) is 1.23. The van der Waals surface area contributed by atoms with E-state index in [1.165, 1.54) is 6.07 Å². The molecule has 114 valence electrons. The third kappa shape index (κ3) is 4.30. The van der Waals surface area contributed by atoms with Crippen molar-refractivity contribution in [3.63, 3.8) is 0 Å². The van der Waals surface area contributed by atoms with Crippen LogP contribution < -0.4 is 10.6 Å². The van der Waals surface area contributed by atoms with Gasteiger partial charge in [-0.05, 0) is 12.8 Å². The number of nitrogens with one attached hydrogen (secondary N) is 3. The lowest BCUT2D eigenvalue weighted by Gasteiger charge is -2.09. The zero-order chi connectivity index (χ0) is 15.2. The van der Waals surface area contributed by atoms with Gasteiger partial charge < -0.3 is 15.7 Å². The Kier molecular flexibility index (Phi) is 4.91. The summed E-state index contributed by atoms with van der Waals surface area (Å²) >= 11 is 0. The fraction of sp³-hybridized carbons (Fsp3) is 0.538. The Morgan fingerprint density at radius 1 is 1.33 bits per heavy atom. The van der Waals surface area contributed by atoms with Crippen LogP contribution in [0.3, 0.4) is 0 Å². The first kappa shape index (κ1) is 15.0. The lowest BCUT2D eigenvalue weighted by molar-refractivity contribution is -0.124. The van der Waals surface area contributed by atoms with E-state index in [1.807, 2.05) is 0 Å². The molecular weight excluding hydrogens is 276 g/mol. The van der Waals surface area contributed by atoms with Crippen LogP contribution in [0, 0.1) is 5.92 Å². The molecular formula is C13H18N4O4. The van der Waals surface area contributed by atoms with Gasteiger partial charge in [0.05, 0.1) is 0 Å². The number of hydrogen-bond donors (Lipinski definition) is 4. The molecule has 1 heterocycles. The molecule has 1 aromatic heterocycles. The minimum Gasteiger partial charge on any atom is -0.477 e. The predicted octanol–water partition coefficient (Wildman–Crippen LogP) is 0.743. The van der Waals surface area contributed by atoms with Crippen molar-refractivity contribution in [1.29, 1.82) is 0 Å². The standard InChI is InChI=1S/C13H18N4O4/c18-11(15-10-7-9(13(20)21)16-17-10)5-6-14-12(19)8-3-1-2-4-8/h7-8H,1-6H2,(H,14,19)(H,20,21)(H2,15,16,17,18). The van der Waals surface area contributed by atoms with Gasteiger partial charge in [-0.2, -0.15) is 5.10 Å². The molecule has 0 atom stereocenters. The van der Waals surface area contributed by atoms with Gasteiger partial charge in [0.2, 0.25) is 11.8 Å². The molecule has 2 amide bonds. The molecule has 0 unspecified atom stereocenters. The van der Waals surface area contributed by atoms with Gasteiger partial charge in [0.15, 0.2) is 5.82 Å². The Morgan fingerprint density at radius 2 is 2.05 bits per heavy atom. The number of carbonyl (C=O) groups excluding carboxylic acids is 2. The van der Waals surface area contributed by atoms with Crippen molar-refractivity contribution < 1.29 is 19.5 Å². The normalized spacial score (nSPS) is 14.9. The van der Waals surface area contributed by atoms with Gasteiger partial charge in [-0.15, -0.1) is 0 Å². The topological polar surface area (TPSA) is 124 Å². The lowest BCUT2D eigenvalue weighted by Crippen LogP contribution is -2.32. The summed E-state index contributed by atoms with van der Waals surface area (Å²) in [5, 5.41) is 19.9. The molecule has 4 N–H and O–H groups in total. The van der Waals surface area contributed by atoms with E-state index in [0.29, 0.717) is 0 Å². The van der Waals surface area contributed by atoms with E-state index in [2.05, 4.69) is 20.8 Å². The average molecular weight is 294 g/mol. The quantitative estimate of drug-likeness (QED) is 0.616. The van der Waals surface area contributed by atoms with Gasteiger partial charge in [0, 0.05) is 24.9 Å². The summed E-state index contributed by atoms with van der Waals surface area (Å²) in [5.74, 6) is -1.23. The third-order valence-electron chi connectivity index (χ3n) is 3.45. The first-order valence-electron chi connectivity index (χ1n) is 6.92. The zero-order valence-corrected chi connectivity index (χ0v) is 11.5. The number of aromatic carboxylic acids is 1. The molecule has 21 heavy (non-hydrogen) atoms. The van der Waals surface area contributed by atoms with Crippen LogP contribution in [-0.4, -0.2) is 39.6 Å². The molecule has 0 spiro atoms. The number of carboxylic acids is 1. The van der Waals surface area contributed by atoms with Crippen molar-refractivity contribution in [3.8, 4) is 0 Å². The van der Waals surface area contributed by atoms with Crippen molar-refractivity contribution in [2.75, 3.05) is 11.9 Å². The van der Waals surface area contributed by atoms with Crippen molar-refractivity contribution in [2.24, 2.45) is 5.92 Å². The Balaban J connectivity index is 1.69. The maximum Gasteiger partial charge on any atom is 0.353 e. The van der Waals surface area contributed by atoms with Crippen molar-refractivity contribution in [3.05, 3.63) is 11.8 Å². The Hall–Kier alpha value is -2.38. The van der Waals surface area contributed by atoms with Crippen LogP contribution in [0.4, 0.5) is 5.82 Å². The number of carboxylic acid groups (broad SMARTS) is 1. The lowest BCUT2D eigenvalue weighted by atomic mass is 10.1. The molecule has 1 fully saturated rings. The minimum atomic E-state index is -1.15. The fourth-order valence-electron chi connectivity index (χ4n) is 2.33. The largest absolute Gasteiger partial charge is 0.477 e. The molecule has 0 radical (unpaired) electrons. The van der Waals surface area contributed by atoms with Gasteiger partial charge in [-0.1, -0.05) is 12.8 Å². The number of nitrogens with zero attached hydrogens (tertiary/aromatic N) is 1. The van der Waals surface area contributed by atoms with Crippen molar-refractivity contribution in [2.45, 2.75) is 32.1 Å². The molecule has 2 rings (SSSR count). The molecule has 1 aromatic rings. The Bertz CT molecular complexity index is 534. The molecule has 8 nitrogen and oxygen atoms in total. The highest BCUT2D eigenvalue weighted by molar-refractivity contribution is 5.92. The van der Waals surface area contributed by atoms with E-state index in [1.54, 1.807) is 0 Å². The molecule has 1 saturated carbocycles. The number of amides is 2. The number of anilines is 1. The highest BCUT2D eigenvalue weighted by Gasteiger charge is 2.22. The third-order valence-corrected chi connectivity index (χ3v) is 3.45. The maximum absolute atomic E-state index is 11.7. The van der Waals surface area contributed by atoms with Gasteiger partial charge >= 0.3 is 5.97 Å². The van der Waals surface area contributed by atoms with Gasteiger partial charge in [-0.25, -0.2) is 4.79 Å². The summed E-state index contributed by atoms with van der Waals surface area (Å²) in [7, 11) is 0. The first-order valence-corrected chi connectivity index (χ1v) is 6.92. The number of aromatic amines is 1. The van der Waals surface area contributed by atoms with Crippen molar-refractivity contribution in [1.82, 2.24) is 15.5 Å². The van der Waals surface area contributed by atoms with E-state index in [9.17, 15) is 14.4 Å². The van der Waals surface area contributed by atoms with Gasteiger partial charge in [-0.3, -0.25) is 14.7 Å². The van der Waals surface area contributed by atoms with Crippen LogP contribution in [0.2, 0.25) is 0 Å². The SMILES string of the molecule is O=C(CCNC(=O)C1CCCC1)Nc1cc(C(=O)O)[nH]n1. The second kappa shape index (κ2) is 6.87. The van der Waals surface area contributed by atoms with Crippen LogP contribution >= 0.6 is 0 Å². The van der Waals surface area contributed by atoms with Gasteiger partial charge in [0.1, 0.15) is 5.69 Å². The van der Waals surface area contributed by atoms with E-state index < -0.39 is 5.97 Å². The van der Waals surface area contributed by atoms with Crippen LogP contribution in [0.5, 0.6) is 0 Å². The molecule has 1 aliphatic carbocycles. The maximum atomic E-state index is 11.7. The van der Waals surface area contributed by atoms with Crippen LogP contribution in [0.15, 0.2) is 6.07 Å². The summed E-state index contributed by atoms with van der Waals surface area (Å²) in [4.78, 5) is 34.0. The monoisotopic (exact) mass is 294 g/mol. The molecule has 1 aliphatic rings. The number of H-pyrrole nitrogens is 1. The number of hydrogen-bond acceptors (Lipinski definition) is 4. The molecule has 0 aromatic carbocycles. The molecule has 0 aliphatic heterocycles. The van der Waals surface area contributed by atoms with Crippen molar-refractivity contribution >= 4 is 23.6 Å². The van der Waals surface area contributed by atoms with E-state index in [4.69, 9.17) is 5.11 Å². The number of rotatable bonds is 6. The highest BCUT2D eigenvalue weighted by atomic mass is 16.4. The second-order valence-corrected chi connectivity index (χ2v) is 5.04. The summed E-state index contributed by atoms with van der Waals surface area (Å²) < 4.78 is 0. The van der Waals surface area contributed by atoms with Gasteiger partial charge in [0.25, 0.3) is 0 Å². The molecule has 0 saturated heterocycles. The predicted molar refractivity (Wildman–Crippen MR) is 73.8 cm³/mol.